The van der Waals surface area contributed by atoms with Crippen LogP contribution < -0.4 is 5.32 Å². The van der Waals surface area contributed by atoms with Crippen molar-refractivity contribution in [3.8, 4) is 0 Å². The summed E-state index contributed by atoms with van der Waals surface area (Å²) in [5.74, 6) is -0.841. The van der Waals surface area contributed by atoms with E-state index in [0.29, 0.717) is 49.3 Å². The summed E-state index contributed by atoms with van der Waals surface area (Å²) in [5.41, 5.74) is -0.539. The molecule has 1 aromatic carbocycles. The third-order valence-electron chi connectivity index (χ3n) is 7.40. The Kier molecular flexibility index (Phi) is 6.32. The molecule has 2 atom stereocenters. The van der Waals surface area contributed by atoms with Gasteiger partial charge < -0.3 is 15.0 Å². The number of anilines is 1. The summed E-state index contributed by atoms with van der Waals surface area (Å²) >= 11 is 5.83. The minimum atomic E-state index is -2.82. The smallest absolute Gasteiger partial charge is 0.284 e. The minimum absolute atomic E-state index is 0.0239. The summed E-state index contributed by atoms with van der Waals surface area (Å²) in [6, 6.07) is 3.95. The molecule has 2 aromatic heterocycles. The molecule has 5 rings (SSSR count). The van der Waals surface area contributed by atoms with Gasteiger partial charge in [0.1, 0.15) is 22.8 Å². The van der Waals surface area contributed by atoms with Gasteiger partial charge in [0.15, 0.2) is 5.69 Å². The molecule has 0 aliphatic heterocycles. The molecule has 1 amide bonds. The first-order valence-electron chi connectivity index (χ1n) is 11.8. The van der Waals surface area contributed by atoms with Crippen molar-refractivity contribution in [3.05, 3.63) is 58.1 Å². The number of aliphatic hydroxyl groups is 1. The van der Waals surface area contributed by atoms with Crippen molar-refractivity contribution < 1.29 is 23.1 Å². The summed E-state index contributed by atoms with van der Waals surface area (Å²) in [6.45, 7) is 2.09. The molecule has 0 spiro atoms. The second kappa shape index (κ2) is 9.19. The third-order valence-corrected chi connectivity index (χ3v) is 7.69. The number of aryl methyl sites for hydroxylation is 2. The van der Waals surface area contributed by atoms with E-state index in [4.69, 9.17) is 11.6 Å². The number of hydrogen-bond donors (Lipinski definition) is 2. The SMILES string of the molecule is CCn1nc(C(F)F)c(C2(O)CC3CC(c4ncn(C)c4C(=O)Nc4ccc(F)c(Cl)c4)CC3C2)n1. The van der Waals surface area contributed by atoms with Crippen molar-refractivity contribution in [1.29, 1.82) is 0 Å². The molecule has 8 nitrogen and oxygen atoms in total. The lowest BCUT2D eigenvalue weighted by atomic mass is 9.89. The molecule has 2 saturated carbocycles. The van der Waals surface area contributed by atoms with Gasteiger partial charge in [-0.15, -0.1) is 0 Å². The number of benzene rings is 1. The first kappa shape index (κ1) is 24.8. The van der Waals surface area contributed by atoms with Crippen molar-refractivity contribution >= 4 is 23.2 Å². The molecule has 36 heavy (non-hydrogen) atoms. The Bertz CT molecular complexity index is 1300. The zero-order chi connectivity index (χ0) is 25.8. The molecule has 0 radical (unpaired) electrons. The molecule has 2 fully saturated rings. The standard InChI is InChI=1S/C24H26ClF3N6O2/c1-3-34-31-19(22(27)28)21(32-34)24(36)9-13-6-12(7-14(13)10-24)18-20(33(2)11-29-18)23(35)30-15-4-5-17(26)16(25)8-15/h4-5,8,11-14,22,36H,3,6-7,9-10H2,1-2H3,(H,30,35). The fourth-order valence-corrected chi connectivity index (χ4v) is 6.03. The van der Waals surface area contributed by atoms with E-state index in [2.05, 4.69) is 20.5 Å². The first-order chi connectivity index (χ1) is 17.1. The lowest BCUT2D eigenvalue weighted by molar-refractivity contribution is 0.0243. The van der Waals surface area contributed by atoms with Crippen molar-refractivity contribution in [3.63, 3.8) is 0 Å². The van der Waals surface area contributed by atoms with Crippen LogP contribution in [0.25, 0.3) is 0 Å². The molecule has 0 saturated heterocycles. The van der Waals surface area contributed by atoms with E-state index in [1.165, 1.54) is 23.0 Å². The summed E-state index contributed by atoms with van der Waals surface area (Å²) < 4.78 is 42.3. The number of nitrogens with one attached hydrogen (secondary N) is 1. The Balaban J connectivity index is 1.33. The number of carbonyl (C=O) groups excluding carboxylic acids is 1. The predicted octanol–water partition coefficient (Wildman–Crippen LogP) is 4.81. The number of carbonyl (C=O) groups is 1. The Labute approximate surface area is 210 Å². The van der Waals surface area contributed by atoms with Gasteiger partial charge in [0.25, 0.3) is 12.3 Å². The largest absolute Gasteiger partial charge is 0.383 e. The maximum Gasteiger partial charge on any atom is 0.284 e. The summed E-state index contributed by atoms with van der Waals surface area (Å²) in [7, 11) is 1.72. The van der Waals surface area contributed by atoms with Gasteiger partial charge in [0.05, 0.1) is 23.6 Å². The molecule has 192 valence electrons. The quantitative estimate of drug-likeness (QED) is 0.484. The number of aromatic nitrogens is 5. The van der Waals surface area contributed by atoms with Crippen LogP contribution in [0.15, 0.2) is 24.5 Å². The number of alkyl halides is 2. The second-order valence-corrected chi connectivity index (χ2v) is 10.1. The maximum absolute atomic E-state index is 13.6. The zero-order valence-corrected chi connectivity index (χ0v) is 20.5. The van der Waals surface area contributed by atoms with Crippen LogP contribution in [0.1, 0.15) is 72.5 Å². The lowest BCUT2D eigenvalue weighted by Gasteiger charge is -2.23. The summed E-state index contributed by atoms with van der Waals surface area (Å²) in [4.78, 5) is 18.8. The van der Waals surface area contributed by atoms with E-state index in [0.717, 1.165) is 0 Å². The lowest BCUT2D eigenvalue weighted by Crippen LogP contribution is -2.26. The Morgan fingerprint density at radius 3 is 2.58 bits per heavy atom. The minimum Gasteiger partial charge on any atom is -0.383 e. The van der Waals surface area contributed by atoms with Crippen molar-refractivity contribution in [2.75, 3.05) is 5.32 Å². The topological polar surface area (TPSA) is 97.9 Å². The Hall–Kier alpha value is -2.92. The van der Waals surface area contributed by atoms with E-state index in [9.17, 15) is 23.1 Å². The van der Waals surface area contributed by atoms with Crippen LogP contribution in [0, 0.1) is 17.7 Å². The van der Waals surface area contributed by atoms with E-state index in [1.807, 2.05) is 0 Å². The molecule has 2 aliphatic carbocycles. The highest BCUT2D eigenvalue weighted by Gasteiger charge is 2.53. The fraction of sp³-hybridized carbons (Fsp3) is 0.500. The average Bonchev–Trinajstić information content (AvgIpc) is 3.57. The molecule has 2 aliphatic rings. The van der Waals surface area contributed by atoms with Gasteiger partial charge >= 0.3 is 0 Å². The molecule has 12 heteroatoms. The zero-order valence-electron chi connectivity index (χ0n) is 19.8. The fourth-order valence-electron chi connectivity index (χ4n) is 5.85. The van der Waals surface area contributed by atoms with Crippen LogP contribution in [0.4, 0.5) is 18.9 Å². The van der Waals surface area contributed by atoms with Crippen LogP contribution in [0.2, 0.25) is 5.02 Å². The van der Waals surface area contributed by atoms with Crippen molar-refractivity contribution in [2.45, 2.75) is 57.1 Å². The molecular weight excluding hydrogens is 497 g/mol. The molecule has 2 unspecified atom stereocenters. The van der Waals surface area contributed by atoms with Crippen LogP contribution in [-0.2, 0) is 19.2 Å². The van der Waals surface area contributed by atoms with E-state index < -0.39 is 23.5 Å². The second-order valence-electron chi connectivity index (χ2n) is 9.72. The number of rotatable bonds is 6. The highest BCUT2D eigenvalue weighted by molar-refractivity contribution is 6.31. The summed E-state index contributed by atoms with van der Waals surface area (Å²) in [6.07, 6.45) is 0.696. The van der Waals surface area contributed by atoms with Gasteiger partial charge in [0, 0.05) is 18.7 Å². The normalized spacial score (nSPS) is 25.5. The summed E-state index contributed by atoms with van der Waals surface area (Å²) in [5, 5.41) is 22.0. The number of hydrogen-bond acceptors (Lipinski definition) is 5. The number of imidazole rings is 1. The monoisotopic (exact) mass is 522 g/mol. The number of halogens is 4. The van der Waals surface area contributed by atoms with Crippen LogP contribution in [0.5, 0.6) is 0 Å². The van der Waals surface area contributed by atoms with Gasteiger partial charge in [-0.05, 0) is 62.6 Å². The maximum atomic E-state index is 13.6. The van der Waals surface area contributed by atoms with Gasteiger partial charge in [-0.25, -0.2) is 18.2 Å². The predicted molar refractivity (Wildman–Crippen MR) is 125 cm³/mol. The van der Waals surface area contributed by atoms with Crippen LogP contribution in [-0.4, -0.2) is 35.6 Å². The molecule has 3 aromatic rings. The van der Waals surface area contributed by atoms with E-state index in [-0.39, 0.29) is 34.4 Å². The van der Waals surface area contributed by atoms with Crippen LogP contribution in [0.3, 0.4) is 0 Å². The van der Waals surface area contributed by atoms with Crippen LogP contribution >= 0.6 is 11.6 Å². The molecule has 0 bridgehead atoms. The van der Waals surface area contributed by atoms with Gasteiger partial charge in [0.2, 0.25) is 0 Å². The molecule has 2 heterocycles. The van der Waals surface area contributed by atoms with Gasteiger partial charge in [-0.2, -0.15) is 15.0 Å². The van der Waals surface area contributed by atoms with Crippen molar-refractivity contribution in [1.82, 2.24) is 24.5 Å². The molecular formula is C24H26ClF3N6O2. The molecule has 2 N–H and O–H groups in total. The van der Waals surface area contributed by atoms with E-state index >= 15 is 0 Å². The Morgan fingerprint density at radius 2 is 1.97 bits per heavy atom. The number of amides is 1. The Morgan fingerprint density at radius 1 is 1.28 bits per heavy atom. The van der Waals surface area contributed by atoms with Crippen molar-refractivity contribution in [2.24, 2.45) is 18.9 Å². The first-order valence-corrected chi connectivity index (χ1v) is 12.2. The average molecular weight is 523 g/mol. The number of nitrogens with zero attached hydrogens (tertiary/aromatic N) is 5. The van der Waals surface area contributed by atoms with Gasteiger partial charge in [-0.1, -0.05) is 11.6 Å². The highest BCUT2D eigenvalue weighted by Crippen LogP contribution is 2.57. The van der Waals surface area contributed by atoms with E-state index in [1.54, 1.807) is 24.9 Å². The number of fused-ring (bicyclic) bond motifs is 1. The third kappa shape index (κ3) is 4.28. The van der Waals surface area contributed by atoms with Gasteiger partial charge in [-0.3, -0.25) is 4.79 Å². The highest BCUT2D eigenvalue weighted by atomic mass is 35.5.